The van der Waals surface area contributed by atoms with Crippen LogP contribution in [0, 0.1) is 5.92 Å². The minimum absolute atomic E-state index is 0.0176. The molecule has 0 N–H and O–H groups in total. The maximum atomic E-state index is 12.9. The SMILES string of the molecule is CCN(CC)C(=O)C1CCCN(S(=O)(=O)c2cc(Cl)cc(Cl)c2)C1. The largest absolute Gasteiger partial charge is 0.343 e. The van der Waals surface area contributed by atoms with Crippen molar-refractivity contribution in [2.45, 2.75) is 31.6 Å². The van der Waals surface area contributed by atoms with Crippen LogP contribution in [-0.4, -0.2) is 49.7 Å². The van der Waals surface area contributed by atoms with E-state index in [1.54, 1.807) is 4.90 Å². The molecule has 1 amide bonds. The van der Waals surface area contributed by atoms with Crippen molar-refractivity contribution in [1.29, 1.82) is 0 Å². The molecule has 1 heterocycles. The van der Waals surface area contributed by atoms with Crippen molar-refractivity contribution in [3.63, 3.8) is 0 Å². The van der Waals surface area contributed by atoms with Crippen LogP contribution in [0.4, 0.5) is 0 Å². The highest BCUT2D eigenvalue weighted by Crippen LogP contribution is 2.28. The van der Waals surface area contributed by atoms with Gasteiger partial charge >= 0.3 is 0 Å². The lowest BCUT2D eigenvalue weighted by Gasteiger charge is -2.33. The molecule has 1 saturated heterocycles. The number of nitrogens with zero attached hydrogens (tertiary/aromatic N) is 2. The standard InChI is InChI=1S/C16H22Cl2N2O3S/c1-3-19(4-2)16(21)12-6-5-7-20(11-12)24(22,23)15-9-13(17)8-14(18)10-15/h8-10,12H,3-7,11H2,1-2H3. The number of carbonyl (C=O) groups is 1. The van der Waals surface area contributed by atoms with Crippen LogP contribution in [-0.2, 0) is 14.8 Å². The van der Waals surface area contributed by atoms with Crippen molar-refractivity contribution < 1.29 is 13.2 Å². The van der Waals surface area contributed by atoms with Crippen LogP contribution < -0.4 is 0 Å². The Hall–Kier alpha value is -0.820. The van der Waals surface area contributed by atoms with E-state index < -0.39 is 10.0 Å². The van der Waals surface area contributed by atoms with E-state index in [-0.39, 0.29) is 33.3 Å². The van der Waals surface area contributed by atoms with Gasteiger partial charge < -0.3 is 4.90 Å². The summed E-state index contributed by atoms with van der Waals surface area (Å²) in [6.07, 6.45) is 1.36. The highest BCUT2D eigenvalue weighted by atomic mass is 35.5. The normalized spacial score (nSPS) is 19.2. The molecule has 1 aromatic rings. The number of carbonyl (C=O) groups excluding carboxylic acids is 1. The maximum absolute atomic E-state index is 12.9. The van der Waals surface area contributed by atoms with E-state index >= 15 is 0 Å². The molecular formula is C16H22Cl2N2O3S. The van der Waals surface area contributed by atoms with Crippen molar-refractivity contribution in [2.24, 2.45) is 5.92 Å². The summed E-state index contributed by atoms with van der Waals surface area (Å²) in [5.41, 5.74) is 0. The summed E-state index contributed by atoms with van der Waals surface area (Å²) in [4.78, 5) is 14.4. The van der Waals surface area contributed by atoms with Crippen LogP contribution in [0.3, 0.4) is 0 Å². The minimum atomic E-state index is -3.72. The van der Waals surface area contributed by atoms with Crippen LogP contribution in [0.1, 0.15) is 26.7 Å². The number of rotatable bonds is 5. The molecule has 0 saturated carbocycles. The van der Waals surface area contributed by atoms with Gasteiger partial charge in [-0.1, -0.05) is 23.2 Å². The minimum Gasteiger partial charge on any atom is -0.343 e. The van der Waals surface area contributed by atoms with Gasteiger partial charge in [0.05, 0.1) is 10.8 Å². The first-order valence-electron chi connectivity index (χ1n) is 8.04. The second kappa shape index (κ2) is 8.04. The Morgan fingerprint density at radius 1 is 1.21 bits per heavy atom. The van der Waals surface area contributed by atoms with Crippen LogP contribution in [0.2, 0.25) is 10.0 Å². The van der Waals surface area contributed by atoms with Crippen molar-refractivity contribution >= 4 is 39.1 Å². The first kappa shape index (κ1) is 19.5. The van der Waals surface area contributed by atoms with E-state index in [0.29, 0.717) is 32.5 Å². The maximum Gasteiger partial charge on any atom is 0.243 e. The molecule has 1 fully saturated rings. The quantitative estimate of drug-likeness (QED) is 0.772. The number of hydrogen-bond donors (Lipinski definition) is 0. The molecule has 1 unspecified atom stereocenters. The summed E-state index contributed by atoms with van der Waals surface area (Å²) in [6, 6.07) is 4.27. The molecule has 134 valence electrons. The average Bonchev–Trinajstić information content (AvgIpc) is 2.55. The van der Waals surface area contributed by atoms with Gasteiger partial charge in [0, 0.05) is 36.2 Å². The molecular weight excluding hydrogens is 371 g/mol. The average molecular weight is 393 g/mol. The summed E-state index contributed by atoms with van der Waals surface area (Å²) >= 11 is 11.9. The van der Waals surface area contributed by atoms with Gasteiger partial charge in [0.25, 0.3) is 0 Å². The molecule has 1 aromatic carbocycles. The molecule has 0 bridgehead atoms. The van der Waals surface area contributed by atoms with Crippen LogP contribution in [0.25, 0.3) is 0 Å². The van der Waals surface area contributed by atoms with E-state index in [4.69, 9.17) is 23.2 Å². The zero-order valence-corrected chi connectivity index (χ0v) is 16.2. The van der Waals surface area contributed by atoms with Crippen LogP contribution in [0.15, 0.2) is 23.1 Å². The fraction of sp³-hybridized carbons (Fsp3) is 0.562. The fourth-order valence-electron chi connectivity index (χ4n) is 2.98. The highest BCUT2D eigenvalue weighted by Gasteiger charge is 2.34. The molecule has 0 aliphatic carbocycles. The van der Waals surface area contributed by atoms with E-state index in [1.165, 1.54) is 22.5 Å². The van der Waals surface area contributed by atoms with E-state index in [9.17, 15) is 13.2 Å². The molecule has 1 atom stereocenters. The third-order valence-corrected chi connectivity index (χ3v) is 6.56. The van der Waals surface area contributed by atoms with Gasteiger partial charge in [-0.25, -0.2) is 8.42 Å². The van der Waals surface area contributed by atoms with Gasteiger partial charge in [-0.2, -0.15) is 4.31 Å². The smallest absolute Gasteiger partial charge is 0.243 e. The fourth-order valence-corrected chi connectivity index (χ4v) is 5.23. The summed E-state index contributed by atoms with van der Waals surface area (Å²) in [7, 11) is -3.72. The molecule has 2 rings (SSSR count). The van der Waals surface area contributed by atoms with Crippen LogP contribution >= 0.6 is 23.2 Å². The first-order chi connectivity index (χ1) is 11.3. The number of sulfonamides is 1. The van der Waals surface area contributed by atoms with Crippen molar-refractivity contribution in [3.05, 3.63) is 28.2 Å². The van der Waals surface area contributed by atoms with Crippen molar-refractivity contribution in [3.8, 4) is 0 Å². The third-order valence-electron chi connectivity index (χ3n) is 4.28. The number of hydrogen-bond acceptors (Lipinski definition) is 3. The summed E-state index contributed by atoms with van der Waals surface area (Å²) in [5.74, 6) is -0.285. The first-order valence-corrected chi connectivity index (χ1v) is 10.2. The Kier molecular flexibility index (Phi) is 6.53. The summed E-state index contributed by atoms with van der Waals surface area (Å²) < 4.78 is 27.1. The molecule has 1 aliphatic heterocycles. The molecule has 0 aromatic heterocycles. The Balaban J connectivity index is 2.23. The number of piperidine rings is 1. The molecule has 0 spiro atoms. The van der Waals surface area contributed by atoms with Crippen molar-refractivity contribution in [2.75, 3.05) is 26.2 Å². The summed E-state index contributed by atoms with van der Waals surface area (Å²) in [6.45, 7) is 5.70. The molecule has 24 heavy (non-hydrogen) atoms. The van der Waals surface area contributed by atoms with Gasteiger partial charge in [-0.3, -0.25) is 4.79 Å². The lowest BCUT2D eigenvalue weighted by Crippen LogP contribution is -2.46. The van der Waals surface area contributed by atoms with Gasteiger partial charge in [-0.15, -0.1) is 0 Å². The molecule has 1 aliphatic rings. The molecule has 0 radical (unpaired) electrons. The lowest BCUT2D eigenvalue weighted by atomic mass is 9.98. The van der Waals surface area contributed by atoms with Gasteiger partial charge in [0.15, 0.2) is 0 Å². The van der Waals surface area contributed by atoms with Gasteiger partial charge in [-0.05, 0) is 44.9 Å². The monoisotopic (exact) mass is 392 g/mol. The Morgan fingerprint density at radius 3 is 2.33 bits per heavy atom. The molecule has 5 nitrogen and oxygen atoms in total. The number of halogens is 2. The second-order valence-electron chi connectivity index (χ2n) is 5.82. The molecule has 8 heteroatoms. The highest BCUT2D eigenvalue weighted by molar-refractivity contribution is 7.89. The van der Waals surface area contributed by atoms with Crippen LogP contribution in [0.5, 0.6) is 0 Å². The number of benzene rings is 1. The predicted octanol–water partition coefficient (Wildman–Crippen LogP) is 3.26. The zero-order valence-electron chi connectivity index (χ0n) is 13.8. The number of amides is 1. The van der Waals surface area contributed by atoms with E-state index in [2.05, 4.69) is 0 Å². The lowest BCUT2D eigenvalue weighted by molar-refractivity contribution is -0.136. The Morgan fingerprint density at radius 2 is 1.79 bits per heavy atom. The Bertz CT molecular complexity index is 685. The van der Waals surface area contributed by atoms with E-state index in [0.717, 1.165) is 0 Å². The van der Waals surface area contributed by atoms with Crippen molar-refractivity contribution in [1.82, 2.24) is 9.21 Å². The van der Waals surface area contributed by atoms with Gasteiger partial charge in [0.1, 0.15) is 0 Å². The summed E-state index contributed by atoms with van der Waals surface area (Å²) in [5, 5.41) is 0.544. The topological polar surface area (TPSA) is 57.7 Å². The van der Waals surface area contributed by atoms with Gasteiger partial charge in [0.2, 0.25) is 15.9 Å². The zero-order chi connectivity index (χ0) is 17.9. The third kappa shape index (κ3) is 4.23. The second-order valence-corrected chi connectivity index (χ2v) is 8.63. The van der Waals surface area contributed by atoms with E-state index in [1.807, 2.05) is 13.8 Å². The Labute approximate surface area is 153 Å². The predicted molar refractivity (Wildman–Crippen MR) is 95.9 cm³/mol.